The van der Waals surface area contributed by atoms with Crippen molar-refractivity contribution in [2.24, 2.45) is 0 Å². The van der Waals surface area contributed by atoms with Gasteiger partial charge >= 0.3 is 0 Å². The minimum absolute atomic E-state index is 0.0126. The molecule has 0 aliphatic carbocycles. The number of carbonyl (C=O) groups is 1. The number of unbranched alkanes of at least 4 members (excludes halogenated alkanes) is 25. The van der Waals surface area contributed by atoms with Crippen molar-refractivity contribution in [2.75, 3.05) is 40.9 Å². The van der Waals surface area contributed by atoms with Gasteiger partial charge in [-0.15, -0.1) is 0 Å². The van der Waals surface area contributed by atoms with Gasteiger partial charge in [0.15, 0.2) is 0 Å². The third-order valence-corrected chi connectivity index (χ3v) is 11.7. The van der Waals surface area contributed by atoms with E-state index in [2.05, 4.69) is 55.6 Å². The Morgan fingerprint density at radius 3 is 1.37 bits per heavy atom. The molecule has 0 bridgehead atoms. The lowest BCUT2D eigenvalue weighted by atomic mass is 10.0. The molecule has 8 nitrogen and oxygen atoms in total. The highest BCUT2D eigenvalue weighted by molar-refractivity contribution is 7.45. The first-order valence-electron chi connectivity index (χ1n) is 24.5. The summed E-state index contributed by atoms with van der Waals surface area (Å²) in [5, 5.41) is 13.8. The Hall–Kier alpha value is -1.54. The van der Waals surface area contributed by atoms with Crippen LogP contribution in [-0.2, 0) is 18.4 Å². The predicted octanol–water partition coefficient (Wildman–Crippen LogP) is 13.4. The maximum atomic E-state index is 12.8. The van der Waals surface area contributed by atoms with Crippen LogP contribution >= 0.6 is 7.82 Å². The number of quaternary nitrogens is 1. The minimum Gasteiger partial charge on any atom is -0.756 e. The number of amides is 1. The number of nitrogens with one attached hydrogen (secondary N) is 1. The molecule has 0 aromatic heterocycles. The molecule has 0 saturated heterocycles. The molecule has 3 unspecified atom stereocenters. The van der Waals surface area contributed by atoms with Gasteiger partial charge in [-0.1, -0.05) is 184 Å². The number of hydrogen-bond donors (Lipinski definition) is 2. The van der Waals surface area contributed by atoms with Gasteiger partial charge in [-0.05, 0) is 70.6 Å². The van der Waals surface area contributed by atoms with Crippen LogP contribution in [0.4, 0.5) is 0 Å². The van der Waals surface area contributed by atoms with E-state index in [0.29, 0.717) is 17.4 Å². The molecule has 1 amide bonds. The number of nitrogens with zero attached hydrogens (tertiary/aromatic N) is 1. The summed E-state index contributed by atoms with van der Waals surface area (Å²) in [6.45, 7) is 4.60. The second-order valence-electron chi connectivity index (χ2n) is 17.8. The largest absolute Gasteiger partial charge is 0.756 e. The van der Waals surface area contributed by atoms with Gasteiger partial charge < -0.3 is 28.8 Å². The fraction of sp³-hybridized carbons (Fsp3) is 0.820. The van der Waals surface area contributed by atoms with E-state index in [4.69, 9.17) is 9.05 Å². The summed E-state index contributed by atoms with van der Waals surface area (Å²) in [4.78, 5) is 25.3. The molecule has 0 aliphatic rings. The predicted molar refractivity (Wildman–Crippen MR) is 251 cm³/mol. The number of rotatable bonds is 44. The zero-order valence-corrected chi connectivity index (χ0v) is 40.1. The van der Waals surface area contributed by atoms with Crippen molar-refractivity contribution in [3.63, 3.8) is 0 Å². The van der Waals surface area contributed by atoms with E-state index < -0.39 is 26.6 Å². The molecular weight excluding hydrogens is 756 g/mol. The highest BCUT2D eigenvalue weighted by Gasteiger charge is 2.23. The topological polar surface area (TPSA) is 108 Å². The van der Waals surface area contributed by atoms with Gasteiger partial charge in [0.25, 0.3) is 7.82 Å². The molecule has 0 aromatic carbocycles. The van der Waals surface area contributed by atoms with Crippen molar-refractivity contribution in [2.45, 2.75) is 225 Å². The van der Waals surface area contributed by atoms with E-state index in [0.717, 1.165) is 57.8 Å². The fourth-order valence-corrected chi connectivity index (χ4v) is 7.55. The van der Waals surface area contributed by atoms with E-state index in [1.807, 2.05) is 27.2 Å². The van der Waals surface area contributed by atoms with E-state index >= 15 is 0 Å². The lowest BCUT2D eigenvalue weighted by Crippen LogP contribution is -2.45. The number of aliphatic hydroxyl groups is 1. The van der Waals surface area contributed by atoms with Gasteiger partial charge in [-0.3, -0.25) is 9.36 Å². The Kier molecular flexibility index (Phi) is 40.7. The van der Waals surface area contributed by atoms with Crippen LogP contribution in [0.3, 0.4) is 0 Å². The Bertz CT molecular complexity index is 1100. The summed E-state index contributed by atoms with van der Waals surface area (Å²) in [5.41, 5.74) is 0. The molecular formula is C50H95N2O6P. The standard InChI is InChI=1S/C50H95N2O6P/c1-6-8-10-12-14-16-18-20-21-22-23-24-25-26-27-28-29-30-32-33-35-37-39-41-43-49(53)48(47-58-59(55,56)57-46-45-52(3,4)5)51-50(54)44-42-40-38-36-34-31-19-17-15-13-11-9-7-2/h28-29,31,33-35,41,43,48-49,53H,6-27,30,32,36-40,42,44-47H2,1-5H3,(H-,51,54,55,56)/b29-28+,34-31-,35-33+,43-41+. The first-order chi connectivity index (χ1) is 28.5. The molecule has 0 saturated carbocycles. The van der Waals surface area contributed by atoms with Crippen LogP contribution in [0.1, 0.15) is 213 Å². The Balaban J connectivity index is 4.40. The zero-order valence-electron chi connectivity index (χ0n) is 39.2. The van der Waals surface area contributed by atoms with Crippen LogP contribution in [0.25, 0.3) is 0 Å². The third-order valence-electron chi connectivity index (χ3n) is 10.7. The Morgan fingerprint density at radius 1 is 0.576 bits per heavy atom. The lowest BCUT2D eigenvalue weighted by molar-refractivity contribution is -0.870. The van der Waals surface area contributed by atoms with E-state index in [-0.39, 0.29) is 12.5 Å². The summed E-state index contributed by atoms with van der Waals surface area (Å²) >= 11 is 0. The summed E-state index contributed by atoms with van der Waals surface area (Å²) in [5.74, 6) is -0.229. The first-order valence-corrected chi connectivity index (χ1v) is 26.0. The molecule has 0 heterocycles. The van der Waals surface area contributed by atoms with Crippen LogP contribution < -0.4 is 10.2 Å². The smallest absolute Gasteiger partial charge is 0.268 e. The first kappa shape index (κ1) is 57.5. The number of phosphoric ester groups is 1. The van der Waals surface area contributed by atoms with Gasteiger partial charge in [-0.25, -0.2) is 0 Å². The second kappa shape index (κ2) is 41.8. The number of aliphatic hydroxyl groups excluding tert-OH is 1. The highest BCUT2D eigenvalue weighted by Crippen LogP contribution is 2.38. The Morgan fingerprint density at radius 2 is 0.949 bits per heavy atom. The monoisotopic (exact) mass is 851 g/mol. The maximum Gasteiger partial charge on any atom is 0.268 e. The zero-order chi connectivity index (χ0) is 43.6. The van der Waals surface area contributed by atoms with E-state index in [1.54, 1.807) is 6.08 Å². The summed E-state index contributed by atoms with van der Waals surface area (Å²) in [6, 6.07) is -0.917. The lowest BCUT2D eigenvalue weighted by Gasteiger charge is -2.29. The number of likely N-dealkylation sites (N-methyl/N-ethyl adjacent to an activating group) is 1. The molecule has 0 rings (SSSR count). The van der Waals surface area contributed by atoms with Crippen LogP contribution in [-0.4, -0.2) is 68.5 Å². The van der Waals surface area contributed by atoms with Gasteiger partial charge in [0.2, 0.25) is 5.91 Å². The molecule has 3 atom stereocenters. The molecule has 59 heavy (non-hydrogen) atoms. The van der Waals surface area contributed by atoms with Gasteiger partial charge in [0, 0.05) is 6.42 Å². The van der Waals surface area contributed by atoms with Crippen LogP contribution in [0, 0.1) is 0 Å². The van der Waals surface area contributed by atoms with Gasteiger partial charge in [0.05, 0.1) is 39.9 Å². The molecule has 0 radical (unpaired) electrons. The van der Waals surface area contributed by atoms with Crippen molar-refractivity contribution in [3.8, 4) is 0 Å². The molecule has 2 N–H and O–H groups in total. The normalized spacial score (nSPS) is 14.6. The maximum absolute atomic E-state index is 12.8. The van der Waals surface area contributed by atoms with Crippen LogP contribution in [0.15, 0.2) is 48.6 Å². The van der Waals surface area contributed by atoms with Crippen molar-refractivity contribution >= 4 is 13.7 Å². The number of hydrogen-bond acceptors (Lipinski definition) is 6. The van der Waals surface area contributed by atoms with Crippen molar-refractivity contribution in [3.05, 3.63) is 48.6 Å². The van der Waals surface area contributed by atoms with E-state index in [9.17, 15) is 19.4 Å². The van der Waals surface area contributed by atoms with Gasteiger partial charge in [0.1, 0.15) is 13.2 Å². The van der Waals surface area contributed by atoms with Crippen molar-refractivity contribution in [1.82, 2.24) is 5.32 Å². The third kappa shape index (κ3) is 44.3. The molecule has 0 fully saturated rings. The quantitative estimate of drug-likeness (QED) is 0.0274. The molecule has 9 heteroatoms. The average molecular weight is 851 g/mol. The number of carbonyl (C=O) groups excluding carboxylic acids is 1. The van der Waals surface area contributed by atoms with Crippen LogP contribution in [0.2, 0.25) is 0 Å². The number of phosphoric acid groups is 1. The molecule has 0 spiro atoms. The summed E-state index contributed by atoms with van der Waals surface area (Å²) in [7, 11) is 1.22. The molecule has 0 aromatic rings. The Labute approximate surface area is 365 Å². The molecule has 0 aliphatic heterocycles. The average Bonchev–Trinajstić information content (AvgIpc) is 3.19. The summed E-state index contributed by atoms with van der Waals surface area (Å²) < 4.78 is 23.2. The van der Waals surface area contributed by atoms with E-state index in [1.165, 1.54) is 135 Å². The fourth-order valence-electron chi connectivity index (χ4n) is 6.83. The van der Waals surface area contributed by atoms with Gasteiger partial charge in [-0.2, -0.15) is 0 Å². The number of allylic oxidation sites excluding steroid dienone is 7. The summed E-state index contributed by atoms with van der Waals surface area (Å²) in [6.07, 6.45) is 53.2. The SMILES string of the molecule is CCCCCCCC/C=C\CCCCCC(=O)NC(COP(=O)([O-])OCC[N+](C)(C)C)C(O)/C=C/CC/C=C/CC/C=C/CCCCCCCCCCCCCCCC. The van der Waals surface area contributed by atoms with Crippen molar-refractivity contribution < 1.29 is 32.9 Å². The molecule has 346 valence electrons. The minimum atomic E-state index is -4.60. The second-order valence-corrected chi connectivity index (χ2v) is 19.2. The van der Waals surface area contributed by atoms with Crippen molar-refractivity contribution in [1.29, 1.82) is 0 Å². The van der Waals surface area contributed by atoms with Crippen LogP contribution in [0.5, 0.6) is 0 Å². The highest BCUT2D eigenvalue weighted by atomic mass is 31.2.